The van der Waals surface area contributed by atoms with Gasteiger partial charge in [-0.3, -0.25) is 4.79 Å². The first-order valence-corrected chi connectivity index (χ1v) is 7.49. The fraction of sp³-hybridized carbons (Fsp3) is 0.583. The van der Waals surface area contributed by atoms with Crippen molar-refractivity contribution in [3.8, 4) is 0 Å². The van der Waals surface area contributed by atoms with E-state index in [2.05, 4.69) is 38.0 Å². The Labute approximate surface area is 115 Å². The lowest BCUT2D eigenvalue weighted by Crippen LogP contribution is -2.36. The van der Waals surface area contributed by atoms with Gasteiger partial charge in [0.15, 0.2) is 0 Å². The Balaban J connectivity index is 2.28. The summed E-state index contributed by atoms with van der Waals surface area (Å²) >= 11 is 5.14. The van der Waals surface area contributed by atoms with Gasteiger partial charge < -0.3 is 10.6 Å². The van der Waals surface area contributed by atoms with Gasteiger partial charge in [0.25, 0.3) is 0 Å². The molecular weight excluding hydrogens is 300 g/mol. The minimum atomic E-state index is 0.0788. The zero-order chi connectivity index (χ0) is 12.7. The van der Waals surface area contributed by atoms with Crippen LogP contribution in [-0.2, 0) is 11.2 Å². The highest BCUT2D eigenvalue weighted by Crippen LogP contribution is 2.19. The SMILES string of the molecule is CCC(CNC)C(=O)NCCc1cc(Br)cs1. The number of carbonyl (C=O) groups is 1. The predicted octanol–water partition coefficient (Wildman–Crippen LogP) is 2.41. The summed E-state index contributed by atoms with van der Waals surface area (Å²) in [5.41, 5.74) is 0. The van der Waals surface area contributed by atoms with Crippen molar-refractivity contribution in [2.75, 3.05) is 20.1 Å². The van der Waals surface area contributed by atoms with Gasteiger partial charge in [0, 0.05) is 27.8 Å². The van der Waals surface area contributed by atoms with E-state index in [0.29, 0.717) is 6.54 Å². The summed E-state index contributed by atoms with van der Waals surface area (Å²) in [5.74, 6) is 0.229. The Morgan fingerprint density at radius 2 is 2.35 bits per heavy atom. The molecule has 1 heterocycles. The van der Waals surface area contributed by atoms with E-state index in [9.17, 15) is 4.79 Å². The molecular formula is C12H19BrN2OS. The second kappa shape index (κ2) is 7.84. The lowest BCUT2D eigenvalue weighted by atomic mass is 10.1. The lowest BCUT2D eigenvalue weighted by molar-refractivity contribution is -0.124. The topological polar surface area (TPSA) is 41.1 Å². The Kier molecular flexibility index (Phi) is 6.77. The van der Waals surface area contributed by atoms with Crippen LogP contribution < -0.4 is 10.6 Å². The van der Waals surface area contributed by atoms with Crippen LogP contribution in [0, 0.1) is 5.92 Å². The van der Waals surface area contributed by atoms with Crippen molar-refractivity contribution in [1.82, 2.24) is 10.6 Å². The van der Waals surface area contributed by atoms with E-state index in [0.717, 1.165) is 23.9 Å². The van der Waals surface area contributed by atoms with Crippen LogP contribution >= 0.6 is 27.3 Å². The van der Waals surface area contributed by atoms with E-state index in [1.54, 1.807) is 11.3 Å². The minimum Gasteiger partial charge on any atom is -0.355 e. The molecule has 0 fully saturated rings. The maximum Gasteiger partial charge on any atom is 0.224 e. The molecule has 3 nitrogen and oxygen atoms in total. The summed E-state index contributed by atoms with van der Waals surface area (Å²) in [4.78, 5) is 13.1. The average Bonchev–Trinajstić information content (AvgIpc) is 2.71. The Morgan fingerprint density at radius 1 is 1.59 bits per heavy atom. The van der Waals surface area contributed by atoms with E-state index in [1.807, 2.05) is 14.0 Å². The molecule has 5 heteroatoms. The van der Waals surface area contributed by atoms with Gasteiger partial charge in [-0.25, -0.2) is 0 Å². The molecule has 1 atom stereocenters. The van der Waals surface area contributed by atoms with Crippen molar-refractivity contribution in [3.63, 3.8) is 0 Å². The largest absolute Gasteiger partial charge is 0.355 e. The van der Waals surface area contributed by atoms with Crippen LogP contribution in [-0.4, -0.2) is 26.0 Å². The molecule has 0 saturated heterocycles. The van der Waals surface area contributed by atoms with Crippen molar-refractivity contribution in [2.24, 2.45) is 5.92 Å². The minimum absolute atomic E-state index is 0.0788. The smallest absolute Gasteiger partial charge is 0.224 e. The van der Waals surface area contributed by atoms with Crippen molar-refractivity contribution in [1.29, 1.82) is 0 Å². The molecule has 1 rings (SSSR count). The molecule has 0 radical (unpaired) electrons. The highest BCUT2D eigenvalue weighted by Gasteiger charge is 2.14. The van der Waals surface area contributed by atoms with Gasteiger partial charge in [0.05, 0.1) is 5.92 Å². The molecule has 0 spiro atoms. The number of carbonyl (C=O) groups excluding carboxylic acids is 1. The standard InChI is InChI=1S/C12H19BrN2OS/c1-3-9(7-14-2)12(16)15-5-4-11-6-10(13)8-17-11/h6,8-9,14H,3-5,7H2,1-2H3,(H,15,16). The van der Waals surface area contributed by atoms with E-state index in [4.69, 9.17) is 0 Å². The zero-order valence-electron chi connectivity index (χ0n) is 10.3. The zero-order valence-corrected chi connectivity index (χ0v) is 12.7. The molecule has 2 N–H and O–H groups in total. The monoisotopic (exact) mass is 318 g/mol. The second-order valence-electron chi connectivity index (χ2n) is 3.94. The molecule has 0 aliphatic heterocycles. The molecule has 96 valence electrons. The summed E-state index contributed by atoms with van der Waals surface area (Å²) in [6.07, 6.45) is 1.77. The third-order valence-corrected chi connectivity index (χ3v) is 4.36. The fourth-order valence-corrected chi connectivity index (χ4v) is 3.06. The van der Waals surface area contributed by atoms with Crippen LogP contribution in [0.4, 0.5) is 0 Å². The van der Waals surface area contributed by atoms with E-state index in [1.165, 1.54) is 4.88 Å². The molecule has 0 aliphatic rings. The van der Waals surface area contributed by atoms with Gasteiger partial charge in [-0.15, -0.1) is 11.3 Å². The predicted molar refractivity (Wildman–Crippen MR) is 76.4 cm³/mol. The quantitative estimate of drug-likeness (QED) is 0.810. The van der Waals surface area contributed by atoms with Gasteiger partial charge in [-0.05, 0) is 41.9 Å². The van der Waals surface area contributed by atoms with Gasteiger partial charge in [0.1, 0.15) is 0 Å². The van der Waals surface area contributed by atoms with E-state index >= 15 is 0 Å². The average molecular weight is 319 g/mol. The van der Waals surface area contributed by atoms with Gasteiger partial charge in [-0.1, -0.05) is 6.92 Å². The highest BCUT2D eigenvalue weighted by molar-refractivity contribution is 9.10. The first-order valence-electron chi connectivity index (χ1n) is 5.82. The normalized spacial score (nSPS) is 12.4. The third kappa shape index (κ3) is 5.19. The molecule has 1 aromatic rings. The van der Waals surface area contributed by atoms with Crippen LogP contribution in [0.25, 0.3) is 0 Å². The van der Waals surface area contributed by atoms with Crippen LogP contribution in [0.5, 0.6) is 0 Å². The maximum absolute atomic E-state index is 11.8. The summed E-state index contributed by atoms with van der Waals surface area (Å²) in [6.45, 7) is 3.50. The Hall–Kier alpha value is -0.390. The van der Waals surface area contributed by atoms with Crippen LogP contribution in [0.15, 0.2) is 15.9 Å². The number of amides is 1. The van der Waals surface area contributed by atoms with Crippen molar-refractivity contribution >= 4 is 33.2 Å². The number of hydrogen-bond donors (Lipinski definition) is 2. The number of thiophene rings is 1. The van der Waals surface area contributed by atoms with Crippen molar-refractivity contribution in [3.05, 3.63) is 20.8 Å². The maximum atomic E-state index is 11.8. The Bertz CT molecular complexity index is 354. The van der Waals surface area contributed by atoms with E-state index in [-0.39, 0.29) is 11.8 Å². The Morgan fingerprint density at radius 3 is 2.88 bits per heavy atom. The van der Waals surface area contributed by atoms with Crippen molar-refractivity contribution in [2.45, 2.75) is 19.8 Å². The molecule has 1 aromatic heterocycles. The molecule has 0 saturated carbocycles. The first-order chi connectivity index (χ1) is 8.17. The van der Waals surface area contributed by atoms with Gasteiger partial charge in [0.2, 0.25) is 5.91 Å². The number of halogens is 1. The number of nitrogens with one attached hydrogen (secondary N) is 2. The molecule has 0 aromatic carbocycles. The molecule has 0 bridgehead atoms. The molecule has 1 amide bonds. The third-order valence-electron chi connectivity index (χ3n) is 2.61. The van der Waals surface area contributed by atoms with E-state index < -0.39 is 0 Å². The number of rotatable bonds is 7. The first kappa shape index (κ1) is 14.7. The fourth-order valence-electron chi connectivity index (χ4n) is 1.61. The molecule has 17 heavy (non-hydrogen) atoms. The van der Waals surface area contributed by atoms with Gasteiger partial charge >= 0.3 is 0 Å². The number of hydrogen-bond acceptors (Lipinski definition) is 3. The van der Waals surface area contributed by atoms with Crippen LogP contribution in [0.2, 0.25) is 0 Å². The molecule has 1 unspecified atom stereocenters. The van der Waals surface area contributed by atoms with Gasteiger partial charge in [-0.2, -0.15) is 0 Å². The summed E-state index contributed by atoms with van der Waals surface area (Å²) in [6, 6.07) is 2.10. The second-order valence-corrected chi connectivity index (χ2v) is 5.85. The highest BCUT2D eigenvalue weighted by atomic mass is 79.9. The van der Waals surface area contributed by atoms with Crippen molar-refractivity contribution < 1.29 is 4.79 Å². The lowest BCUT2D eigenvalue weighted by Gasteiger charge is -2.13. The van der Waals surface area contributed by atoms with Crippen LogP contribution in [0.3, 0.4) is 0 Å². The summed E-state index contributed by atoms with van der Waals surface area (Å²) in [5, 5.41) is 8.10. The van der Waals surface area contributed by atoms with Crippen LogP contribution in [0.1, 0.15) is 18.2 Å². The summed E-state index contributed by atoms with van der Waals surface area (Å²) < 4.78 is 1.12. The summed E-state index contributed by atoms with van der Waals surface area (Å²) in [7, 11) is 1.87. The molecule has 0 aliphatic carbocycles.